The minimum atomic E-state index is -0.294. The molecule has 1 aromatic heterocycles. The van der Waals surface area contributed by atoms with Gasteiger partial charge < -0.3 is 9.67 Å². The number of nitrogens with zero attached hydrogens (tertiary/aromatic N) is 2. The second kappa shape index (κ2) is 5.16. The lowest BCUT2D eigenvalue weighted by atomic mass is 10.2. The summed E-state index contributed by atoms with van der Waals surface area (Å²) in [7, 11) is 1.87. The summed E-state index contributed by atoms with van der Waals surface area (Å²) in [5, 5.41) is 9.78. The van der Waals surface area contributed by atoms with E-state index in [9.17, 15) is 9.90 Å². The number of rotatable bonds is 4. The quantitative estimate of drug-likeness (QED) is 0.837. The normalized spacial score (nSPS) is 11.1. The van der Waals surface area contributed by atoms with E-state index in [1.807, 2.05) is 18.5 Å². The van der Waals surface area contributed by atoms with Crippen molar-refractivity contribution in [3.8, 4) is 5.75 Å². The number of aryl methyl sites for hydroxylation is 1. The molecule has 90 valence electrons. The number of hydrogen-bond donors (Lipinski definition) is 1. The first-order valence-corrected chi connectivity index (χ1v) is 5.62. The van der Waals surface area contributed by atoms with Gasteiger partial charge in [-0.2, -0.15) is 0 Å². The van der Waals surface area contributed by atoms with Crippen molar-refractivity contribution in [2.45, 2.75) is 27.3 Å². The predicted octanol–water partition coefficient (Wildman–Crippen LogP) is 1.24. The molecule has 1 rings (SSSR count). The molecular weight excluding hydrogens is 204 g/mol. The molecule has 0 fully saturated rings. The molecule has 0 saturated heterocycles. The predicted molar refractivity (Wildman–Crippen MR) is 64.7 cm³/mol. The Morgan fingerprint density at radius 1 is 1.38 bits per heavy atom. The van der Waals surface area contributed by atoms with Crippen molar-refractivity contribution in [3.63, 3.8) is 0 Å². The van der Waals surface area contributed by atoms with Crippen LogP contribution in [0.25, 0.3) is 0 Å². The summed E-state index contributed by atoms with van der Waals surface area (Å²) in [5.41, 5.74) is 1.26. The Hall–Kier alpha value is -1.29. The average Bonchev–Trinajstić information content (AvgIpc) is 2.27. The number of aromatic nitrogens is 1. The first-order chi connectivity index (χ1) is 7.51. The van der Waals surface area contributed by atoms with Gasteiger partial charge in [-0.1, -0.05) is 13.8 Å². The van der Waals surface area contributed by atoms with Crippen molar-refractivity contribution in [1.29, 1.82) is 0 Å². The van der Waals surface area contributed by atoms with E-state index < -0.39 is 0 Å². The van der Waals surface area contributed by atoms with Crippen LogP contribution in [0.15, 0.2) is 10.9 Å². The van der Waals surface area contributed by atoms with E-state index in [0.29, 0.717) is 12.2 Å². The van der Waals surface area contributed by atoms with E-state index in [-0.39, 0.29) is 11.2 Å². The molecule has 4 heteroatoms. The van der Waals surface area contributed by atoms with Gasteiger partial charge in [-0.15, -0.1) is 0 Å². The highest BCUT2D eigenvalue weighted by molar-refractivity contribution is 5.29. The Balaban J connectivity index is 3.17. The van der Waals surface area contributed by atoms with E-state index in [1.54, 1.807) is 0 Å². The number of pyridine rings is 1. The zero-order valence-corrected chi connectivity index (χ0v) is 10.4. The fraction of sp³-hybridized carbons (Fsp3) is 0.583. The molecule has 1 N–H and O–H groups in total. The van der Waals surface area contributed by atoms with Crippen LogP contribution in [0.3, 0.4) is 0 Å². The maximum absolute atomic E-state index is 11.5. The van der Waals surface area contributed by atoms with Gasteiger partial charge in [0.2, 0.25) is 5.43 Å². The van der Waals surface area contributed by atoms with Crippen molar-refractivity contribution >= 4 is 0 Å². The van der Waals surface area contributed by atoms with E-state index in [1.165, 1.54) is 6.07 Å². The Labute approximate surface area is 96.1 Å². The topological polar surface area (TPSA) is 45.5 Å². The summed E-state index contributed by atoms with van der Waals surface area (Å²) in [6.45, 7) is 8.40. The fourth-order valence-corrected chi connectivity index (χ4v) is 1.71. The molecule has 0 radical (unpaired) electrons. The molecule has 0 aliphatic heterocycles. The summed E-state index contributed by atoms with van der Waals surface area (Å²) in [4.78, 5) is 13.6. The summed E-state index contributed by atoms with van der Waals surface area (Å²) >= 11 is 0. The standard InChI is InChI=1S/C12H20N2O2/c1-5-14(6-2)8-10-12(16)11(15)7-9(3)13(10)4/h7,16H,5-6,8H2,1-4H3. The summed E-state index contributed by atoms with van der Waals surface area (Å²) in [6.07, 6.45) is 0. The molecule has 0 aliphatic rings. The molecule has 1 aromatic rings. The third kappa shape index (κ3) is 2.44. The molecule has 1 heterocycles. The van der Waals surface area contributed by atoms with Gasteiger partial charge in [-0.3, -0.25) is 9.69 Å². The van der Waals surface area contributed by atoms with Gasteiger partial charge in [-0.05, 0) is 20.0 Å². The third-order valence-electron chi connectivity index (χ3n) is 3.05. The summed E-state index contributed by atoms with van der Waals surface area (Å²) in [5.74, 6) is -0.125. The van der Waals surface area contributed by atoms with Crippen LogP contribution in [0, 0.1) is 6.92 Å². The molecule has 0 spiro atoms. The Morgan fingerprint density at radius 2 is 1.94 bits per heavy atom. The molecule has 0 bridgehead atoms. The molecule has 0 atom stereocenters. The highest BCUT2D eigenvalue weighted by Gasteiger charge is 2.12. The van der Waals surface area contributed by atoms with E-state index >= 15 is 0 Å². The van der Waals surface area contributed by atoms with Gasteiger partial charge in [0.25, 0.3) is 0 Å². The second-order valence-electron chi connectivity index (χ2n) is 3.97. The van der Waals surface area contributed by atoms with Gasteiger partial charge in [-0.25, -0.2) is 0 Å². The van der Waals surface area contributed by atoms with Crippen LogP contribution in [0.1, 0.15) is 25.2 Å². The SMILES string of the molecule is CCN(CC)Cc1c(O)c(=O)cc(C)n1C. The van der Waals surface area contributed by atoms with Gasteiger partial charge in [0.1, 0.15) is 0 Å². The number of hydrogen-bond acceptors (Lipinski definition) is 3. The third-order valence-corrected chi connectivity index (χ3v) is 3.05. The van der Waals surface area contributed by atoms with E-state index in [0.717, 1.165) is 18.8 Å². The highest BCUT2D eigenvalue weighted by Crippen LogP contribution is 2.15. The van der Waals surface area contributed by atoms with Crippen LogP contribution < -0.4 is 5.43 Å². The van der Waals surface area contributed by atoms with Crippen LogP contribution in [0.4, 0.5) is 0 Å². The lowest BCUT2D eigenvalue weighted by Gasteiger charge is -2.21. The van der Waals surface area contributed by atoms with Crippen LogP contribution >= 0.6 is 0 Å². The van der Waals surface area contributed by atoms with Crippen LogP contribution in [-0.4, -0.2) is 27.7 Å². The van der Waals surface area contributed by atoms with Crippen molar-refractivity contribution in [2.75, 3.05) is 13.1 Å². The summed E-state index contributed by atoms with van der Waals surface area (Å²) in [6, 6.07) is 1.46. The van der Waals surface area contributed by atoms with Crippen molar-refractivity contribution < 1.29 is 5.11 Å². The first-order valence-electron chi connectivity index (χ1n) is 5.62. The average molecular weight is 224 g/mol. The van der Waals surface area contributed by atoms with Gasteiger partial charge >= 0.3 is 0 Å². The van der Waals surface area contributed by atoms with Gasteiger partial charge in [0.05, 0.1) is 5.69 Å². The van der Waals surface area contributed by atoms with Crippen molar-refractivity contribution in [3.05, 3.63) is 27.7 Å². The molecule has 0 unspecified atom stereocenters. The lowest BCUT2D eigenvalue weighted by molar-refractivity contribution is 0.281. The van der Waals surface area contributed by atoms with Crippen molar-refractivity contribution in [2.24, 2.45) is 7.05 Å². The Morgan fingerprint density at radius 3 is 2.44 bits per heavy atom. The van der Waals surface area contributed by atoms with E-state index in [4.69, 9.17) is 0 Å². The van der Waals surface area contributed by atoms with Crippen LogP contribution in [-0.2, 0) is 13.6 Å². The molecular formula is C12H20N2O2. The minimum absolute atomic E-state index is 0.125. The summed E-state index contributed by atoms with van der Waals surface area (Å²) < 4.78 is 1.87. The maximum atomic E-state index is 11.5. The maximum Gasteiger partial charge on any atom is 0.223 e. The highest BCUT2D eigenvalue weighted by atomic mass is 16.3. The smallest absolute Gasteiger partial charge is 0.223 e. The zero-order valence-electron chi connectivity index (χ0n) is 10.4. The monoisotopic (exact) mass is 224 g/mol. The zero-order chi connectivity index (χ0) is 12.3. The lowest BCUT2D eigenvalue weighted by Crippen LogP contribution is -2.26. The fourth-order valence-electron chi connectivity index (χ4n) is 1.71. The van der Waals surface area contributed by atoms with Gasteiger partial charge in [0.15, 0.2) is 5.75 Å². The molecule has 0 aliphatic carbocycles. The molecule has 0 saturated carbocycles. The first kappa shape index (κ1) is 12.8. The number of aromatic hydroxyl groups is 1. The largest absolute Gasteiger partial charge is 0.503 e. The Kier molecular flexibility index (Phi) is 4.12. The minimum Gasteiger partial charge on any atom is -0.503 e. The molecule has 0 amide bonds. The van der Waals surface area contributed by atoms with Crippen LogP contribution in [0.2, 0.25) is 0 Å². The van der Waals surface area contributed by atoms with Crippen LogP contribution in [0.5, 0.6) is 5.75 Å². The molecule has 4 nitrogen and oxygen atoms in total. The molecule has 0 aromatic carbocycles. The molecule has 16 heavy (non-hydrogen) atoms. The Bertz CT molecular complexity index is 420. The van der Waals surface area contributed by atoms with Crippen molar-refractivity contribution in [1.82, 2.24) is 9.47 Å². The van der Waals surface area contributed by atoms with E-state index in [2.05, 4.69) is 18.7 Å². The second-order valence-corrected chi connectivity index (χ2v) is 3.97. The van der Waals surface area contributed by atoms with Gasteiger partial charge in [0, 0.05) is 25.4 Å².